The highest BCUT2D eigenvalue weighted by atomic mass is 16.2. The fraction of sp³-hybridized carbons (Fsp3) is 0.400. The van der Waals surface area contributed by atoms with Gasteiger partial charge in [0.1, 0.15) is 6.54 Å². The van der Waals surface area contributed by atoms with Gasteiger partial charge in [-0.2, -0.15) is 0 Å². The number of amides is 2. The van der Waals surface area contributed by atoms with Crippen LogP contribution in [0.1, 0.15) is 41.9 Å². The van der Waals surface area contributed by atoms with E-state index >= 15 is 0 Å². The molecule has 0 saturated carbocycles. The van der Waals surface area contributed by atoms with E-state index in [1.807, 2.05) is 55.7 Å². The van der Waals surface area contributed by atoms with E-state index in [1.54, 1.807) is 0 Å². The summed E-state index contributed by atoms with van der Waals surface area (Å²) in [5.74, 6) is -0.0333. The van der Waals surface area contributed by atoms with Gasteiger partial charge in [0, 0.05) is 17.8 Å². The zero-order chi connectivity index (χ0) is 18.0. The molecule has 2 amide bonds. The number of benzene rings is 1. The average molecular weight is 339 g/mol. The van der Waals surface area contributed by atoms with E-state index in [4.69, 9.17) is 0 Å². The first kappa shape index (κ1) is 17.3. The highest BCUT2D eigenvalue weighted by Crippen LogP contribution is 2.31. The van der Waals surface area contributed by atoms with Crippen LogP contribution in [0.3, 0.4) is 0 Å². The lowest BCUT2D eigenvalue weighted by Crippen LogP contribution is -2.45. The summed E-state index contributed by atoms with van der Waals surface area (Å²) in [6.45, 7) is 6.12. The monoisotopic (exact) mass is 339 g/mol. The predicted molar refractivity (Wildman–Crippen MR) is 97.2 cm³/mol. The number of rotatable bonds is 5. The van der Waals surface area contributed by atoms with Crippen molar-refractivity contribution in [1.29, 1.82) is 0 Å². The molecule has 2 N–H and O–H groups in total. The molecule has 1 heterocycles. The lowest BCUT2D eigenvalue weighted by atomic mass is 10.1. The molecule has 0 aliphatic heterocycles. The molecule has 0 saturated heterocycles. The quantitative estimate of drug-likeness (QED) is 0.879. The van der Waals surface area contributed by atoms with Crippen LogP contribution >= 0.6 is 0 Å². The molecule has 5 heteroatoms. The number of hydrogen-bond donors (Lipinski definition) is 2. The summed E-state index contributed by atoms with van der Waals surface area (Å²) < 4.78 is 2.00. The van der Waals surface area contributed by atoms with Crippen molar-refractivity contribution in [3.8, 4) is 0 Å². The Labute approximate surface area is 148 Å². The Morgan fingerprint density at radius 2 is 1.72 bits per heavy atom. The summed E-state index contributed by atoms with van der Waals surface area (Å²) >= 11 is 0. The lowest BCUT2D eigenvalue weighted by Gasteiger charge is -2.23. The first-order valence-electron chi connectivity index (χ1n) is 8.79. The summed E-state index contributed by atoms with van der Waals surface area (Å²) in [5.41, 5.74) is 4.41. The molecule has 1 aliphatic rings. The number of fused-ring (bicyclic) bond motifs is 1. The molecule has 1 aromatic heterocycles. The Bertz CT molecular complexity index is 774. The first-order chi connectivity index (χ1) is 12.0. The van der Waals surface area contributed by atoms with Gasteiger partial charge in [0.25, 0.3) is 0 Å². The van der Waals surface area contributed by atoms with Gasteiger partial charge in [-0.15, -0.1) is 0 Å². The topological polar surface area (TPSA) is 63.1 Å². The number of nitrogens with zero attached hydrogens (tertiary/aromatic N) is 1. The summed E-state index contributed by atoms with van der Waals surface area (Å²) in [6.07, 6.45) is 1.18. The standard InChI is InChI=1S/C20H25N3O2/c1-4-18(24)21-17-11-15-7-5-6-8-16(15)20(17)22-19(25)12-23-13(2)9-10-14(23)3/h5-10,17,20H,4,11-12H2,1-3H3,(H,21,24)(H,22,25)/t17-,20-/m1/s1. The Balaban J connectivity index is 1.77. The number of hydrogen-bond acceptors (Lipinski definition) is 2. The smallest absolute Gasteiger partial charge is 0.240 e. The molecular formula is C20H25N3O2. The van der Waals surface area contributed by atoms with Crippen molar-refractivity contribution in [1.82, 2.24) is 15.2 Å². The summed E-state index contributed by atoms with van der Waals surface area (Å²) in [6, 6.07) is 11.8. The maximum atomic E-state index is 12.6. The van der Waals surface area contributed by atoms with Crippen molar-refractivity contribution in [2.45, 2.75) is 52.2 Å². The Morgan fingerprint density at radius 3 is 2.40 bits per heavy atom. The van der Waals surface area contributed by atoms with Gasteiger partial charge in [0.2, 0.25) is 11.8 Å². The van der Waals surface area contributed by atoms with Crippen LogP contribution in [0.25, 0.3) is 0 Å². The van der Waals surface area contributed by atoms with Crippen LogP contribution in [-0.2, 0) is 22.6 Å². The second-order valence-corrected chi connectivity index (χ2v) is 6.68. The van der Waals surface area contributed by atoms with Crippen LogP contribution in [0, 0.1) is 13.8 Å². The van der Waals surface area contributed by atoms with E-state index in [-0.39, 0.29) is 30.4 Å². The number of carbonyl (C=O) groups is 2. The molecule has 0 bridgehead atoms. The van der Waals surface area contributed by atoms with E-state index in [0.717, 1.165) is 23.4 Å². The van der Waals surface area contributed by atoms with Crippen molar-refractivity contribution in [3.05, 3.63) is 58.9 Å². The average Bonchev–Trinajstić information content (AvgIpc) is 3.09. The number of carbonyl (C=O) groups excluding carboxylic acids is 2. The van der Waals surface area contributed by atoms with E-state index < -0.39 is 0 Å². The molecule has 0 unspecified atom stereocenters. The first-order valence-corrected chi connectivity index (χ1v) is 8.79. The van der Waals surface area contributed by atoms with Crippen molar-refractivity contribution in [3.63, 3.8) is 0 Å². The molecule has 0 spiro atoms. The molecule has 3 rings (SSSR count). The third-order valence-electron chi connectivity index (χ3n) is 4.94. The van der Waals surface area contributed by atoms with Crippen molar-refractivity contribution < 1.29 is 9.59 Å². The molecule has 2 atom stereocenters. The zero-order valence-corrected chi connectivity index (χ0v) is 15.0. The maximum Gasteiger partial charge on any atom is 0.240 e. The fourth-order valence-electron chi connectivity index (χ4n) is 3.53. The number of nitrogens with one attached hydrogen (secondary N) is 2. The minimum absolute atomic E-state index is 0.00848. The van der Waals surface area contributed by atoms with Crippen molar-refractivity contribution >= 4 is 11.8 Å². The van der Waals surface area contributed by atoms with Gasteiger partial charge in [-0.3, -0.25) is 9.59 Å². The lowest BCUT2D eigenvalue weighted by molar-refractivity contribution is -0.124. The second-order valence-electron chi connectivity index (χ2n) is 6.68. The van der Waals surface area contributed by atoms with Crippen LogP contribution in [-0.4, -0.2) is 22.4 Å². The van der Waals surface area contributed by atoms with Gasteiger partial charge < -0.3 is 15.2 Å². The zero-order valence-electron chi connectivity index (χ0n) is 15.0. The fourth-order valence-corrected chi connectivity index (χ4v) is 3.53. The molecule has 0 radical (unpaired) electrons. The number of aromatic nitrogens is 1. The van der Waals surface area contributed by atoms with E-state index in [1.165, 1.54) is 5.56 Å². The molecule has 1 aromatic carbocycles. The summed E-state index contributed by atoms with van der Waals surface area (Å²) in [4.78, 5) is 24.5. The van der Waals surface area contributed by atoms with Crippen LogP contribution in [0.4, 0.5) is 0 Å². The molecule has 5 nitrogen and oxygen atoms in total. The van der Waals surface area contributed by atoms with Crippen molar-refractivity contribution in [2.75, 3.05) is 0 Å². The summed E-state index contributed by atoms with van der Waals surface area (Å²) in [7, 11) is 0. The van der Waals surface area contributed by atoms with Gasteiger partial charge in [-0.25, -0.2) is 0 Å². The van der Waals surface area contributed by atoms with Gasteiger partial charge in [-0.05, 0) is 43.5 Å². The van der Waals surface area contributed by atoms with Gasteiger partial charge in [0.15, 0.2) is 0 Å². The van der Waals surface area contributed by atoms with Gasteiger partial charge >= 0.3 is 0 Å². The molecule has 132 valence electrons. The molecule has 1 aliphatic carbocycles. The Morgan fingerprint density at radius 1 is 1.04 bits per heavy atom. The Hall–Kier alpha value is -2.56. The van der Waals surface area contributed by atoms with E-state index in [0.29, 0.717) is 6.42 Å². The summed E-state index contributed by atoms with van der Waals surface area (Å²) in [5, 5.41) is 6.18. The van der Waals surface area contributed by atoms with Crippen LogP contribution in [0.5, 0.6) is 0 Å². The Kier molecular flexibility index (Phi) is 4.93. The van der Waals surface area contributed by atoms with Crippen molar-refractivity contribution in [2.24, 2.45) is 0 Å². The molecular weight excluding hydrogens is 314 g/mol. The van der Waals surface area contributed by atoms with Gasteiger partial charge in [0.05, 0.1) is 12.1 Å². The van der Waals surface area contributed by atoms with Crippen LogP contribution in [0.2, 0.25) is 0 Å². The minimum atomic E-state index is -0.185. The third kappa shape index (κ3) is 3.60. The predicted octanol–water partition coefficient (Wildman–Crippen LogP) is 2.41. The third-order valence-corrected chi connectivity index (χ3v) is 4.94. The molecule has 2 aromatic rings. The SMILES string of the molecule is CCC(=O)N[C@@H]1Cc2ccccc2[C@H]1NC(=O)Cn1c(C)ccc1C. The van der Waals surface area contributed by atoms with E-state index in [9.17, 15) is 9.59 Å². The van der Waals surface area contributed by atoms with Crippen LogP contribution in [0.15, 0.2) is 36.4 Å². The molecule has 0 fully saturated rings. The normalized spacial score (nSPS) is 18.7. The van der Waals surface area contributed by atoms with Crippen LogP contribution < -0.4 is 10.6 Å². The van der Waals surface area contributed by atoms with E-state index in [2.05, 4.69) is 16.7 Å². The maximum absolute atomic E-state index is 12.6. The number of aryl methyl sites for hydroxylation is 2. The highest BCUT2D eigenvalue weighted by molar-refractivity contribution is 5.78. The minimum Gasteiger partial charge on any atom is -0.351 e. The second kappa shape index (κ2) is 7.13. The molecule has 25 heavy (non-hydrogen) atoms. The largest absolute Gasteiger partial charge is 0.351 e. The van der Waals surface area contributed by atoms with Gasteiger partial charge in [-0.1, -0.05) is 31.2 Å². The highest BCUT2D eigenvalue weighted by Gasteiger charge is 2.34.